The summed E-state index contributed by atoms with van der Waals surface area (Å²) < 4.78 is 5.14. The van der Waals surface area contributed by atoms with E-state index in [-0.39, 0.29) is 11.1 Å². The maximum Gasteiger partial charge on any atom is 0.328 e. The summed E-state index contributed by atoms with van der Waals surface area (Å²) in [5, 5.41) is 2.50. The van der Waals surface area contributed by atoms with E-state index >= 15 is 0 Å². The maximum atomic E-state index is 11.8. The molecule has 0 aromatic carbocycles. The zero-order valence-corrected chi connectivity index (χ0v) is 11.4. The molecule has 1 amide bonds. The van der Waals surface area contributed by atoms with Gasteiger partial charge in [-0.1, -0.05) is 0 Å². The van der Waals surface area contributed by atoms with Gasteiger partial charge < -0.3 is 15.0 Å². The SMILES string of the molecule is C[C@H](NC(=O)c1ccc(=O)[nH]c1)C(=O)OC(C)(C)C. The van der Waals surface area contributed by atoms with Crippen molar-refractivity contribution >= 4 is 11.9 Å². The van der Waals surface area contributed by atoms with E-state index in [9.17, 15) is 14.4 Å². The van der Waals surface area contributed by atoms with Crippen molar-refractivity contribution in [1.82, 2.24) is 10.3 Å². The van der Waals surface area contributed by atoms with Crippen molar-refractivity contribution in [3.05, 3.63) is 34.2 Å². The van der Waals surface area contributed by atoms with E-state index in [2.05, 4.69) is 10.3 Å². The van der Waals surface area contributed by atoms with Crippen molar-refractivity contribution in [3.8, 4) is 0 Å². The van der Waals surface area contributed by atoms with Crippen LogP contribution in [-0.2, 0) is 9.53 Å². The molecule has 1 aromatic heterocycles. The predicted molar refractivity (Wildman–Crippen MR) is 69.8 cm³/mol. The second-order valence-corrected chi connectivity index (χ2v) is 5.17. The molecule has 6 heteroatoms. The number of ether oxygens (including phenoxy) is 1. The van der Waals surface area contributed by atoms with Gasteiger partial charge in [0.1, 0.15) is 11.6 Å². The summed E-state index contributed by atoms with van der Waals surface area (Å²) in [6.07, 6.45) is 1.29. The molecule has 1 heterocycles. The Labute approximate surface area is 111 Å². The molecule has 0 aliphatic carbocycles. The molecule has 0 aliphatic heterocycles. The average molecular weight is 266 g/mol. The molecule has 1 atom stereocenters. The minimum atomic E-state index is -0.765. The Hall–Kier alpha value is -2.11. The van der Waals surface area contributed by atoms with Crippen LogP contribution in [0.15, 0.2) is 23.1 Å². The quantitative estimate of drug-likeness (QED) is 0.793. The van der Waals surface area contributed by atoms with Gasteiger partial charge in [-0.2, -0.15) is 0 Å². The number of carbonyl (C=O) groups is 2. The van der Waals surface area contributed by atoms with E-state index < -0.39 is 23.5 Å². The molecular formula is C13H18N2O4. The standard InChI is InChI=1S/C13H18N2O4/c1-8(12(18)19-13(2,3)4)15-11(17)9-5-6-10(16)14-7-9/h5-8H,1-4H3,(H,14,16)(H,15,17)/t8-/m0/s1. The van der Waals surface area contributed by atoms with Crippen LogP contribution in [0.1, 0.15) is 38.1 Å². The smallest absolute Gasteiger partial charge is 0.328 e. The van der Waals surface area contributed by atoms with E-state index in [1.165, 1.54) is 25.3 Å². The first-order valence-electron chi connectivity index (χ1n) is 5.91. The van der Waals surface area contributed by atoms with Crippen molar-refractivity contribution in [2.75, 3.05) is 0 Å². The van der Waals surface area contributed by atoms with Gasteiger partial charge in [-0.15, -0.1) is 0 Å². The van der Waals surface area contributed by atoms with Crippen LogP contribution in [0.4, 0.5) is 0 Å². The van der Waals surface area contributed by atoms with Gasteiger partial charge in [0, 0.05) is 12.3 Å². The summed E-state index contributed by atoms with van der Waals surface area (Å²) in [5.41, 5.74) is -0.625. The highest BCUT2D eigenvalue weighted by Crippen LogP contribution is 2.08. The van der Waals surface area contributed by atoms with Crippen LogP contribution in [0.25, 0.3) is 0 Å². The normalized spacial score (nSPS) is 12.6. The van der Waals surface area contributed by atoms with Gasteiger partial charge in [0.25, 0.3) is 5.91 Å². The molecule has 0 unspecified atom stereocenters. The Balaban J connectivity index is 2.64. The molecule has 0 fully saturated rings. The fourth-order valence-electron chi connectivity index (χ4n) is 1.28. The number of nitrogens with one attached hydrogen (secondary N) is 2. The van der Waals surface area contributed by atoms with Crippen LogP contribution in [0, 0.1) is 0 Å². The van der Waals surface area contributed by atoms with Gasteiger partial charge >= 0.3 is 5.97 Å². The summed E-state index contributed by atoms with van der Waals surface area (Å²) >= 11 is 0. The Morgan fingerprint density at radius 2 is 1.95 bits per heavy atom. The minimum absolute atomic E-state index is 0.273. The molecule has 19 heavy (non-hydrogen) atoms. The zero-order valence-electron chi connectivity index (χ0n) is 11.4. The first kappa shape index (κ1) is 14.9. The lowest BCUT2D eigenvalue weighted by Gasteiger charge is -2.22. The summed E-state index contributed by atoms with van der Waals surface area (Å²) in [7, 11) is 0. The number of rotatable bonds is 3. The maximum absolute atomic E-state index is 11.8. The molecule has 0 aliphatic rings. The first-order chi connectivity index (χ1) is 8.69. The van der Waals surface area contributed by atoms with E-state index in [1.807, 2.05) is 0 Å². The van der Waals surface area contributed by atoms with Crippen LogP contribution < -0.4 is 10.9 Å². The molecule has 0 spiro atoms. The van der Waals surface area contributed by atoms with Crippen LogP contribution in [0.5, 0.6) is 0 Å². The van der Waals surface area contributed by atoms with Crippen molar-refractivity contribution in [3.63, 3.8) is 0 Å². The fraction of sp³-hybridized carbons (Fsp3) is 0.462. The summed E-state index contributed by atoms with van der Waals surface area (Å²) in [6.45, 7) is 6.79. The highest BCUT2D eigenvalue weighted by molar-refractivity contribution is 5.96. The van der Waals surface area contributed by atoms with Crippen molar-refractivity contribution in [1.29, 1.82) is 0 Å². The van der Waals surface area contributed by atoms with Crippen molar-refractivity contribution in [2.24, 2.45) is 0 Å². The van der Waals surface area contributed by atoms with E-state index in [0.717, 1.165) is 0 Å². The average Bonchev–Trinajstić information content (AvgIpc) is 2.27. The summed E-state index contributed by atoms with van der Waals surface area (Å²) in [6, 6.07) is 1.86. The van der Waals surface area contributed by atoms with Gasteiger partial charge in [0.2, 0.25) is 5.56 Å². The fourth-order valence-corrected chi connectivity index (χ4v) is 1.28. The Bertz CT molecular complexity index is 508. The molecule has 6 nitrogen and oxygen atoms in total. The van der Waals surface area contributed by atoms with Gasteiger partial charge in [-0.25, -0.2) is 4.79 Å². The number of esters is 1. The number of aromatic amines is 1. The monoisotopic (exact) mass is 266 g/mol. The van der Waals surface area contributed by atoms with E-state index in [0.29, 0.717) is 0 Å². The lowest BCUT2D eigenvalue weighted by atomic mass is 10.2. The topological polar surface area (TPSA) is 88.3 Å². The highest BCUT2D eigenvalue weighted by atomic mass is 16.6. The van der Waals surface area contributed by atoms with Gasteiger partial charge in [0.05, 0.1) is 5.56 Å². The third-order valence-electron chi connectivity index (χ3n) is 2.15. The second kappa shape index (κ2) is 5.69. The van der Waals surface area contributed by atoms with Gasteiger partial charge in [0.15, 0.2) is 0 Å². The summed E-state index contributed by atoms with van der Waals surface area (Å²) in [4.78, 5) is 36.7. The molecule has 0 saturated heterocycles. The number of hydrogen-bond donors (Lipinski definition) is 2. The van der Waals surface area contributed by atoms with Gasteiger partial charge in [-0.3, -0.25) is 9.59 Å². The molecule has 1 aromatic rings. The number of H-pyrrole nitrogens is 1. The number of aromatic nitrogens is 1. The van der Waals surface area contributed by atoms with E-state index in [1.54, 1.807) is 20.8 Å². The summed E-state index contributed by atoms with van der Waals surface area (Å²) in [5.74, 6) is -0.958. The lowest BCUT2D eigenvalue weighted by molar-refractivity contribution is -0.156. The van der Waals surface area contributed by atoms with Crippen molar-refractivity contribution in [2.45, 2.75) is 39.3 Å². The first-order valence-corrected chi connectivity index (χ1v) is 5.91. The van der Waals surface area contributed by atoms with Crippen LogP contribution >= 0.6 is 0 Å². The molecule has 2 N–H and O–H groups in total. The van der Waals surface area contributed by atoms with E-state index in [4.69, 9.17) is 4.74 Å². The highest BCUT2D eigenvalue weighted by Gasteiger charge is 2.23. The molecular weight excluding hydrogens is 248 g/mol. The molecule has 0 bridgehead atoms. The number of amides is 1. The number of pyridine rings is 1. The third-order valence-corrected chi connectivity index (χ3v) is 2.15. The molecule has 0 saturated carbocycles. The lowest BCUT2D eigenvalue weighted by Crippen LogP contribution is -2.42. The second-order valence-electron chi connectivity index (χ2n) is 5.17. The van der Waals surface area contributed by atoms with Crippen LogP contribution in [0.3, 0.4) is 0 Å². The predicted octanol–water partition coefficient (Wildman–Crippen LogP) is 0.835. The largest absolute Gasteiger partial charge is 0.458 e. The minimum Gasteiger partial charge on any atom is -0.458 e. The van der Waals surface area contributed by atoms with Crippen molar-refractivity contribution < 1.29 is 14.3 Å². The molecule has 104 valence electrons. The molecule has 0 radical (unpaired) electrons. The third kappa shape index (κ3) is 4.95. The number of hydrogen-bond acceptors (Lipinski definition) is 4. The Morgan fingerprint density at radius 3 is 2.42 bits per heavy atom. The zero-order chi connectivity index (χ0) is 14.6. The van der Waals surface area contributed by atoms with Crippen LogP contribution in [0.2, 0.25) is 0 Å². The molecule has 1 rings (SSSR count). The van der Waals surface area contributed by atoms with Gasteiger partial charge in [-0.05, 0) is 33.8 Å². The Morgan fingerprint density at radius 1 is 1.32 bits per heavy atom. The number of carbonyl (C=O) groups excluding carboxylic acids is 2. The van der Waals surface area contributed by atoms with Crippen LogP contribution in [-0.4, -0.2) is 28.5 Å². The Kier molecular flexibility index (Phi) is 4.47.